The molecule has 2 aromatic heterocycles. The SMILES string of the molecule is COc1ccc(Cc2nc(C=O)c3ccccn23)cc1OC. The van der Waals surface area contributed by atoms with Crippen LogP contribution in [0.4, 0.5) is 0 Å². The number of hydrogen-bond acceptors (Lipinski definition) is 4. The standard InChI is InChI=1S/C17H16N2O3/c1-21-15-7-6-12(9-16(15)22-2)10-17-18-13(11-20)14-5-3-4-8-19(14)17/h3-9,11H,10H2,1-2H3. The Kier molecular flexibility index (Phi) is 3.78. The summed E-state index contributed by atoms with van der Waals surface area (Å²) in [6.07, 6.45) is 3.29. The molecular weight excluding hydrogens is 280 g/mol. The van der Waals surface area contributed by atoms with Gasteiger partial charge in [-0.1, -0.05) is 12.1 Å². The Morgan fingerprint density at radius 3 is 2.68 bits per heavy atom. The van der Waals surface area contributed by atoms with Gasteiger partial charge in [0.25, 0.3) is 0 Å². The lowest BCUT2D eigenvalue weighted by Crippen LogP contribution is -1.97. The van der Waals surface area contributed by atoms with Gasteiger partial charge in [0.05, 0.1) is 19.7 Å². The first-order valence-corrected chi connectivity index (χ1v) is 6.89. The molecule has 0 aliphatic carbocycles. The zero-order valence-electron chi connectivity index (χ0n) is 12.4. The molecule has 0 aliphatic rings. The van der Waals surface area contributed by atoms with Crippen LogP contribution in [0.5, 0.6) is 11.5 Å². The normalized spacial score (nSPS) is 10.6. The van der Waals surface area contributed by atoms with Crippen molar-refractivity contribution < 1.29 is 14.3 Å². The minimum Gasteiger partial charge on any atom is -0.493 e. The maximum atomic E-state index is 11.2. The summed E-state index contributed by atoms with van der Waals surface area (Å²) in [4.78, 5) is 15.6. The summed E-state index contributed by atoms with van der Waals surface area (Å²) in [6, 6.07) is 11.4. The minimum atomic E-state index is 0.455. The quantitative estimate of drug-likeness (QED) is 0.679. The van der Waals surface area contributed by atoms with Gasteiger partial charge in [-0.15, -0.1) is 0 Å². The number of nitrogens with zero attached hydrogens (tertiary/aromatic N) is 2. The van der Waals surface area contributed by atoms with E-state index in [1.54, 1.807) is 14.2 Å². The van der Waals surface area contributed by atoms with Crippen molar-refractivity contribution in [1.29, 1.82) is 0 Å². The van der Waals surface area contributed by atoms with Crippen molar-refractivity contribution in [3.63, 3.8) is 0 Å². The van der Waals surface area contributed by atoms with Crippen LogP contribution in [0, 0.1) is 0 Å². The van der Waals surface area contributed by atoms with Crippen molar-refractivity contribution in [3.8, 4) is 11.5 Å². The van der Waals surface area contributed by atoms with Crippen molar-refractivity contribution in [2.75, 3.05) is 14.2 Å². The predicted octanol–water partition coefficient (Wildman–Crippen LogP) is 2.75. The summed E-state index contributed by atoms with van der Waals surface area (Å²) < 4.78 is 12.5. The molecule has 1 aromatic carbocycles. The highest BCUT2D eigenvalue weighted by Gasteiger charge is 2.12. The highest BCUT2D eigenvalue weighted by atomic mass is 16.5. The van der Waals surface area contributed by atoms with E-state index in [0.717, 1.165) is 23.2 Å². The maximum absolute atomic E-state index is 11.2. The first-order valence-electron chi connectivity index (χ1n) is 6.89. The number of aldehydes is 1. The van der Waals surface area contributed by atoms with Crippen molar-refractivity contribution in [2.45, 2.75) is 6.42 Å². The predicted molar refractivity (Wildman–Crippen MR) is 82.9 cm³/mol. The third-order valence-electron chi connectivity index (χ3n) is 3.57. The van der Waals surface area contributed by atoms with Crippen LogP contribution in [0.15, 0.2) is 42.6 Å². The molecule has 2 heterocycles. The van der Waals surface area contributed by atoms with Crippen LogP contribution in [0.25, 0.3) is 5.52 Å². The highest BCUT2D eigenvalue weighted by Crippen LogP contribution is 2.28. The number of benzene rings is 1. The molecule has 112 valence electrons. The first kappa shape index (κ1) is 14.1. The van der Waals surface area contributed by atoms with Crippen LogP contribution in [0.3, 0.4) is 0 Å². The Labute approximate surface area is 128 Å². The van der Waals surface area contributed by atoms with Crippen molar-refractivity contribution in [1.82, 2.24) is 9.38 Å². The molecule has 0 amide bonds. The van der Waals surface area contributed by atoms with Crippen LogP contribution in [-0.4, -0.2) is 29.9 Å². The van der Waals surface area contributed by atoms with E-state index in [1.807, 2.05) is 47.0 Å². The smallest absolute Gasteiger partial charge is 0.170 e. The number of rotatable bonds is 5. The van der Waals surface area contributed by atoms with Crippen LogP contribution >= 0.6 is 0 Å². The van der Waals surface area contributed by atoms with Gasteiger partial charge in [0, 0.05) is 12.6 Å². The van der Waals surface area contributed by atoms with Gasteiger partial charge in [-0.25, -0.2) is 4.98 Å². The lowest BCUT2D eigenvalue weighted by atomic mass is 10.1. The monoisotopic (exact) mass is 296 g/mol. The highest BCUT2D eigenvalue weighted by molar-refractivity contribution is 5.83. The van der Waals surface area contributed by atoms with Gasteiger partial charge < -0.3 is 13.9 Å². The van der Waals surface area contributed by atoms with Crippen molar-refractivity contribution in [2.24, 2.45) is 0 Å². The molecule has 0 unspecified atom stereocenters. The number of hydrogen-bond donors (Lipinski definition) is 0. The van der Waals surface area contributed by atoms with Gasteiger partial charge in [0.15, 0.2) is 17.8 Å². The number of aromatic nitrogens is 2. The number of pyridine rings is 1. The van der Waals surface area contributed by atoms with Crippen molar-refractivity contribution in [3.05, 3.63) is 59.7 Å². The average molecular weight is 296 g/mol. The third kappa shape index (κ3) is 2.41. The molecule has 0 spiro atoms. The molecule has 0 aliphatic heterocycles. The fourth-order valence-corrected chi connectivity index (χ4v) is 2.51. The average Bonchev–Trinajstić information content (AvgIpc) is 2.93. The first-order chi connectivity index (χ1) is 10.8. The fourth-order valence-electron chi connectivity index (χ4n) is 2.51. The number of methoxy groups -OCH3 is 2. The van der Waals surface area contributed by atoms with Gasteiger partial charge in [-0.3, -0.25) is 4.79 Å². The summed E-state index contributed by atoms with van der Waals surface area (Å²) in [6.45, 7) is 0. The van der Waals surface area contributed by atoms with E-state index < -0.39 is 0 Å². The Balaban J connectivity index is 2.01. The third-order valence-corrected chi connectivity index (χ3v) is 3.57. The second-order valence-electron chi connectivity index (χ2n) is 4.85. The maximum Gasteiger partial charge on any atom is 0.170 e. The summed E-state index contributed by atoms with van der Waals surface area (Å²) >= 11 is 0. The number of fused-ring (bicyclic) bond motifs is 1. The second-order valence-corrected chi connectivity index (χ2v) is 4.85. The van der Waals surface area contributed by atoms with Crippen LogP contribution in [0.2, 0.25) is 0 Å². The molecular formula is C17H16N2O3. The van der Waals surface area contributed by atoms with E-state index in [4.69, 9.17) is 9.47 Å². The summed E-state index contributed by atoms with van der Waals surface area (Å²) in [5.74, 6) is 2.18. The molecule has 5 heteroatoms. The molecule has 3 rings (SSSR count). The molecule has 0 bridgehead atoms. The zero-order valence-corrected chi connectivity index (χ0v) is 12.4. The minimum absolute atomic E-state index is 0.455. The summed E-state index contributed by atoms with van der Waals surface area (Å²) in [5.41, 5.74) is 2.30. The van der Waals surface area contributed by atoms with Crippen LogP contribution in [-0.2, 0) is 6.42 Å². The lowest BCUT2D eigenvalue weighted by Gasteiger charge is -2.09. The number of imidazole rings is 1. The van der Waals surface area contributed by atoms with Gasteiger partial charge in [0.2, 0.25) is 0 Å². The van der Waals surface area contributed by atoms with E-state index in [2.05, 4.69) is 4.98 Å². The van der Waals surface area contributed by atoms with E-state index in [0.29, 0.717) is 23.6 Å². The summed E-state index contributed by atoms with van der Waals surface area (Å²) in [5, 5.41) is 0. The van der Waals surface area contributed by atoms with E-state index >= 15 is 0 Å². The largest absolute Gasteiger partial charge is 0.493 e. The second kappa shape index (κ2) is 5.89. The molecule has 0 saturated heterocycles. The molecule has 22 heavy (non-hydrogen) atoms. The topological polar surface area (TPSA) is 52.8 Å². The van der Waals surface area contributed by atoms with Crippen LogP contribution in [0.1, 0.15) is 21.9 Å². The van der Waals surface area contributed by atoms with Gasteiger partial charge >= 0.3 is 0 Å². The molecule has 0 radical (unpaired) electrons. The van der Waals surface area contributed by atoms with E-state index in [9.17, 15) is 4.79 Å². The van der Waals surface area contributed by atoms with Gasteiger partial charge in [0.1, 0.15) is 11.5 Å². The van der Waals surface area contributed by atoms with Gasteiger partial charge in [-0.05, 0) is 29.8 Å². The number of ether oxygens (including phenoxy) is 2. The lowest BCUT2D eigenvalue weighted by molar-refractivity contribution is 0.112. The zero-order chi connectivity index (χ0) is 15.5. The Bertz CT molecular complexity index is 824. The van der Waals surface area contributed by atoms with Crippen molar-refractivity contribution >= 4 is 11.8 Å². The molecule has 5 nitrogen and oxygen atoms in total. The Morgan fingerprint density at radius 2 is 1.95 bits per heavy atom. The molecule has 0 N–H and O–H groups in total. The molecule has 0 atom stereocenters. The summed E-state index contributed by atoms with van der Waals surface area (Å²) in [7, 11) is 3.22. The molecule has 3 aromatic rings. The number of carbonyl (C=O) groups is 1. The molecule has 0 fully saturated rings. The Hall–Kier alpha value is -2.82. The Morgan fingerprint density at radius 1 is 1.14 bits per heavy atom. The van der Waals surface area contributed by atoms with E-state index in [1.165, 1.54) is 0 Å². The fraction of sp³-hybridized carbons (Fsp3) is 0.176. The number of carbonyl (C=O) groups excluding carboxylic acids is 1. The van der Waals surface area contributed by atoms with E-state index in [-0.39, 0.29) is 0 Å². The van der Waals surface area contributed by atoms with Crippen LogP contribution < -0.4 is 9.47 Å². The molecule has 0 saturated carbocycles. The van der Waals surface area contributed by atoms with Gasteiger partial charge in [-0.2, -0.15) is 0 Å².